The molecule has 0 spiro atoms. The van der Waals surface area contributed by atoms with Gasteiger partial charge in [0.2, 0.25) is 0 Å². The zero-order valence-electron chi connectivity index (χ0n) is 16.5. The van der Waals surface area contributed by atoms with Crippen molar-refractivity contribution in [1.29, 1.82) is 0 Å². The van der Waals surface area contributed by atoms with Crippen LogP contribution in [0.4, 0.5) is 5.69 Å². The first-order chi connectivity index (χ1) is 14.5. The van der Waals surface area contributed by atoms with Gasteiger partial charge in [-0.3, -0.25) is 9.78 Å². The Morgan fingerprint density at radius 2 is 1.90 bits per heavy atom. The molecule has 0 aliphatic carbocycles. The summed E-state index contributed by atoms with van der Waals surface area (Å²) in [5.41, 5.74) is 2.72. The molecule has 2 aromatic heterocycles. The molecule has 0 bridgehead atoms. The van der Waals surface area contributed by atoms with Crippen molar-refractivity contribution in [2.24, 2.45) is 0 Å². The number of amides is 1. The number of carbonyl (C=O) groups excluding carboxylic acids is 1. The normalized spacial score (nSPS) is 10.8. The first kappa shape index (κ1) is 20.1. The maximum Gasteiger partial charge on any atom is 0.267 e. The maximum absolute atomic E-state index is 13.0. The maximum atomic E-state index is 13.0. The number of aromatic nitrogens is 2. The van der Waals surface area contributed by atoms with Crippen LogP contribution in [0.5, 0.6) is 11.5 Å². The van der Waals surface area contributed by atoms with Crippen LogP contribution in [0.2, 0.25) is 5.02 Å². The number of benzene rings is 2. The summed E-state index contributed by atoms with van der Waals surface area (Å²) in [4.78, 5) is 22.5. The Morgan fingerprint density at radius 1 is 1.10 bits per heavy atom. The highest BCUT2D eigenvalue weighted by molar-refractivity contribution is 7.17. The first-order valence-electron chi connectivity index (χ1n) is 9.05. The van der Waals surface area contributed by atoms with Gasteiger partial charge in [-0.15, -0.1) is 11.3 Å². The molecule has 4 aromatic rings. The molecule has 0 saturated carbocycles. The van der Waals surface area contributed by atoms with E-state index in [9.17, 15) is 4.79 Å². The molecule has 2 aromatic carbocycles. The zero-order valence-corrected chi connectivity index (χ0v) is 18.1. The number of pyridine rings is 1. The van der Waals surface area contributed by atoms with Crippen molar-refractivity contribution in [3.8, 4) is 22.1 Å². The van der Waals surface area contributed by atoms with Crippen LogP contribution in [0.15, 0.2) is 48.7 Å². The summed E-state index contributed by atoms with van der Waals surface area (Å²) >= 11 is 7.52. The number of rotatable bonds is 5. The van der Waals surface area contributed by atoms with Crippen molar-refractivity contribution in [2.45, 2.75) is 6.92 Å². The van der Waals surface area contributed by atoms with Crippen molar-refractivity contribution in [1.82, 2.24) is 9.97 Å². The smallest absolute Gasteiger partial charge is 0.267 e. The lowest BCUT2D eigenvalue weighted by Gasteiger charge is -2.08. The van der Waals surface area contributed by atoms with Gasteiger partial charge in [0.15, 0.2) is 11.5 Å². The van der Waals surface area contributed by atoms with Crippen LogP contribution in [0.1, 0.15) is 15.4 Å². The number of halogens is 1. The van der Waals surface area contributed by atoms with E-state index in [1.807, 2.05) is 43.3 Å². The van der Waals surface area contributed by atoms with Gasteiger partial charge in [0, 0.05) is 22.2 Å². The summed E-state index contributed by atoms with van der Waals surface area (Å²) < 4.78 is 10.6. The second kappa shape index (κ2) is 8.30. The number of hydrogen-bond acceptors (Lipinski definition) is 6. The quantitative estimate of drug-likeness (QED) is 0.438. The van der Waals surface area contributed by atoms with Crippen LogP contribution >= 0.6 is 22.9 Å². The van der Waals surface area contributed by atoms with Gasteiger partial charge in [-0.2, -0.15) is 0 Å². The molecule has 0 aliphatic rings. The summed E-state index contributed by atoms with van der Waals surface area (Å²) in [6.45, 7) is 1.81. The number of aryl methyl sites for hydroxylation is 1. The minimum absolute atomic E-state index is 0.258. The summed E-state index contributed by atoms with van der Waals surface area (Å²) in [6, 6.07) is 12.8. The molecule has 0 radical (unpaired) electrons. The Labute approximate surface area is 182 Å². The molecule has 152 valence electrons. The van der Waals surface area contributed by atoms with E-state index < -0.39 is 0 Å². The van der Waals surface area contributed by atoms with Gasteiger partial charge in [0.05, 0.1) is 31.1 Å². The van der Waals surface area contributed by atoms with Crippen LogP contribution in [-0.2, 0) is 0 Å². The van der Waals surface area contributed by atoms with Crippen molar-refractivity contribution in [3.63, 3.8) is 0 Å². The van der Waals surface area contributed by atoms with Crippen LogP contribution in [-0.4, -0.2) is 30.1 Å². The van der Waals surface area contributed by atoms with Gasteiger partial charge in [0.1, 0.15) is 9.88 Å². The average Bonchev–Trinajstić information content (AvgIpc) is 3.14. The fraction of sp³-hybridized carbons (Fsp3) is 0.136. The molecule has 0 saturated heterocycles. The number of nitrogens with zero attached hydrogens (tertiary/aromatic N) is 2. The molecule has 0 aliphatic heterocycles. The van der Waals surface area contributed by atoms with E-state index in [0.717, 1.165) is 10.9 Å². The minimum atomic E-state index is -0.258. The molecule has 30 heavy (non-hydrogen) atoms. The Balaban J connectivity index is 1.67. The van der Waals surface area contributed by atoms with Gasteiger partial charge in [-0.05, 0) is 43.3 Å². The van der Waals surface area contributed by atoms with Crippen molar-refractivity contribution in [2.75, 3.05) is 19.5 Å². The highest BCUT2D eigenvalue weighted by Gasteiger charge is 2.19. The van der Waals surface area contributed by atoms with Gasteiger partial charge in [-0.25, -0.2) is 4.98 Å². The fourth-order valence-corrected chi connectivity index (χ4v) is 4.31. The lowest BCUT2D eigenvalue weighted by molar-refractivity contribution is 0.103. The third-order valence-corrected chi connectivity index (χ3v) is 5.97. The fourth-order valence-electron chi connectivity index (χ4n) is 3.13. The van der Waals surface area contributed by atoms with Crippen molar-refractivity contribution in [3.05, 3.63) is 64.3 Å². The van der Waals surface area contributed by atoms with Crippen molar-refractivity contribution < 1.29 is 14.3 Å². The monoisotopic (exact) mass is 439 g/mol. The SMILES string of the molecule is COc1ccc(-c2nc(C)c(C(=O)Nc3cc(Cl)cc4cccnc34)s2)cc1OC. The molecule has 0 atom stereocenters. The highest BCUT2D eigenvalue weighted by Crippen LogP contribution is 2.35. The second-order valence-electron chi connectivity index (χ2n) is 6.49. The molecule has 4 rings (SSSR count). The topological polar surface area (TPSA) is 73.3 Å². The third kappa shape index (κ3) is 3.81. The summed E-state index contributed by atoms with van der Waals surface area (Å²) in [5, 5.41) is 5.02. The second-order valence-corrected chi connectivity index (χ2v) is 7.92. The van der Waals surface area contributed by atoms with E-state index in [0.29, 0.717) is 43.3 Å². The van der Waals surface area contributed by atoms with Crippen LogP contribution in [0, 0.1) is 6.92 Å². The minimum Gasteiger partial charge on any atom is -0.493 e. The molecular weight excluding hydrogens is 422 g/mol. The Hall–Kier alpha value is -3.16. The largest absolute Gasteiger partial charge is 0.493 e. The number of methoxy groups -OCH3 is 2. The van der Waals surface area contributed by atoms with E-state index in [2.05, 4.69) is 15.3 Å². The summed E-state index contributed by atoms with van der Waals surface area (Å²) in [5.74, 6) is 0.976. The van der Waals surface area contributed by atoms with E-state index in [-0.39, 0.29) is 5.91 Å². The molecule has 0 unspecified atom stereocenters. The highest BCUT2D eigenvalue weighted by atomic mass is 35.5. The Bertz CT molecular complexity index is 1260. The van der Waals surface area contributed by atoms with Crippen LogP contribution in [0.25, 0.3) is 21.5 Å². The standard InChI is InChI=1S/C22H18ClN3O3S/c1-12-20(30-22(25-12)14-6-7-17(28-2)18(10-14)29-3)21(27)26-16-11-15(23)9-13-5-4-8-24-19(13)16/h4-11H,1-3H3,(H,26,27). The van der Waals surface area contributed by atoms with Gasteiger partial charge >= 0.3 is 0 Å². The Kier molecular flexibility index (Phi) is 5.57. The number of hydrogen-bond donors (Lipinski definition) is 1. The Morgan fingerprint density at radius 3 is 2.67 bits per heavy atom. The van der Waals surface area contributed by atoms with E-state index in [1.54, 1.807) is 26.5 Å². The number of anilines is 1. The first-order valence-corrected chi connectivity index (χ1v) is 10.2. The number of thiazole rings is 1. The van der Waals surface area contributed by atoms with Gasteiger partial charge < -0.3 is 14.8 Å². The van der Waals surface area contributed by atoms with Crippen molar-refractivity contribution >= 4 is 45.4 Å². The predicted molar refractivity (Wildman–Crippen MR) is 120 cm³/mol. The summed E-state index contributed by atoms with van der Waals surface area (Å²) in [7, 11) is 3.17. The number of nitrogens with one attached hydrogen (secondary N) is 1. The third-order valence-electron chi connectivity index (χ3n) is 4.55. The lowest BCUT2D eigenvalue weighted by atomic mass is 10.2. The van der Waals surface area contributed by atoms with E-state index >= 15 is 0 Å². The lowest BCUT2D eigenvalue weighted by Crippen LogP contribution is -2.12. The number of fused-ring (bicyclic) bond motifs is 1. The van der Waals surface area contributed by atoms with Gasteiger partial charge in [0.25, 0.3) is 5.91 Å². The van der Waals surface area contributed by atoms with E-state index in [1.165, 1.54) is 11.3 Å². The number of ether oxygens (including phenoxy) is 2. The zero-order chi connectivity index (χ0) is 21.3. The number of carbonyl (C=O) groups is 1. The molecule has 0 fully saturated rings. The molecular formula is C22H18ClN3O3S. The van der Waals surface area contributed by atoms with E-state index in [4.69, 9.17) is 21.1 Å². The molecule has 8 heteroatoms. The molecule has 1 N–H and O–H groups in total. The summed E-state index contributed by atoms with van der Waals surface area (Å²) in [6.07, 6.45) is 1.68. The molecule has 2 heterocycles. The average molecular weight is 440 g/mol. The molecule has 1 amide bonds. The molecule has 6 nitrogen and oxygen atoms in total. The van der Waals surface area contributed by atoms with Gasteiger partial charge in [-0.1, -0.05) is 17.7 Å². The predicted octanol–water partition coefficient (Wildman–Crippen LogP) is 5.59. The van der Waals surface area contributed by atoms with Crippen LogP contribution < -0.4 is 14.8 Å². The van der Waals surface area contributed by atoms with Crippen LogP contribution in [0.3, 0.4) is 0 Å².